The number of carbonyl (C=O) groups is 1. The molecule has 0 saturated carbocycles. The van der Waals surface area contributed by atoms with E-state index in [4.69, 9.17) is 14.7 Å². The van der Waals surface area contributed by atoms with E-state index in [-0.39, 0.29) is 12.3 Å². The van der Waals surface area contributed by atoms with E-state index in [0.29, 0.717) is 19.4 Å². The summed E-state index contributed by atoms with van der Waals surface area (Å²) in [6.07, 6.45) is -3.87. The zero-order chi connectivity index (χ0) is 21.7. The molecule has 0 radical (unpaired) electrons. The fourth-order valence-electron chi connectivity index (χ4n) is 3.25. The Bertz CT molecular complexity index is 967. The van der Waals surface area contributed by atoms with Gasteiger partial charge in [0.1, 0.15) is 11.5 Å². The highest BCUT2D eigenvalue weighted by Crippen LogP contribution is 2.34. The van der Waals surface area contributed by atoms with Crippen molar-refractivity contribution in [2.24, 2.45) is 0 Å². The zero-order valence-electron chi connectivity index (χ0n) is 16.4. The molecular formula is C22H21F3N2O3. The van der Waals surface area contributed by atoms with Gasteiger partial charge in [0.05, 0.1) is 23.8 Å². The van der Waals surface area contributed by atoms with E-state index in [1.807, 2.05) is 25.1 Å². The fourth-order valence-corrected chi connectivity index (χ4v) is 3.25. The summed E-state index contributed by atoms with van der Waals surface area (Å²) in [6, 6.07) is 10.3. The molecule has 8 heteroatoms. The molecule has 1 aliphatic heterocycles. The minimum absolute atomic E-state index is 0.107. The van der Waals surface area contributed by atoms with Gasteiger partial charge in [0, 0.05) is 13.0 Å². The Morgan fingerprint density at radius 1 is 1.30 bits per heavy atom. The molecular weight excluding hydrogens is 397 g/mol. The Hall–Kier alpha value is -3.21. The predicted molar refractivity (Wildman–Crippen MR) is 103 cm³/mol. The third-order valence-electron chi connectivity index (χ3n) is 4.76. The molecule has 3 rings (SSSR count). The van der Waals surface area contributed by atoms with Gasteiger partial charge in [-0.15, -0.1) is 0 Å². The summed E-state index contributed by atoms with van der Waals surface area (Å²) < 4.78 is 50.5. The molecule has 1 atom stereocenters. The lowest BCUT2D eigenvalue weighted by Crippen LogP contribution is -2.38. The third-order valence-corrected chi connectivity index (χ3v) is 4.76. The Kier molecular flexibility index (Phi) is 6.50. The summed E-state index contributed by atoms with van der Waals surface area (Å²) in [7, 11) is 0. The van der Waals surface area contributed by atoms with Crippen LogP contribution in [0.1, 0.15) is 42.0 Å². The highest BCUT2D eigenvalue weighted by Gasteiger charge is 2.34. The minimum Gasteiger partial charge on any atom is -0.493 e. The number of alkyl halides is 3. The van der Waals surface area contributed by atoms with Crippen molar-refractivity contribution in [2.75, 3.05) is 6.61 Å². The second-order valence-corrected chi connectivity index (χ2v) is 6.97. The quantitative estimate of drug-likeness (QED) is 0.725. The van der Waals surface area contributed by atoms with Crippen LogP contribution in [0.2, 0.25) is 0 Å². The van der Waals surface area contributed by atoms with Gasteiger partial charge in [-0.2, -0.15) is 18.4 Å². The Labute approximate surface area is 172 Å². The van der Waals surface area contributed by atoms with Crippen molar-refractivity contribution in [3.8, 4) is 17.6 Å². The van der Waals surface area contributed by atoms with E-state index >= 15 is 0 Å². The van der Waals surface area contributed by atoms with Crippen molar-refractivity contribution in [3.05, 3.63) is 58.7 Å². The number of hydrogen-bond donors (Lipinski definition) is 1. The van der Waals surface area contributed by atoms with Crippen molar-refractivity contribution in [1.82, 2.24) is 5.32 Å². The van der Waals surface area contributed by atoms with E-state index in [9.17, 15) is 18.0 Å². The van der Waals surface area contributed by atoms with Gasteiger partial charge in [-0.25, -0.2) is 0 Å². The summed E-state index contributed by atoms with van der Waals surface area (Å²) in [4.78, 5) is 12.6. The van der Waals surface area contributed by atoms with Crippen LogP contribution in [0.25, 0.3) is 0 Å². The fraction of sp³-hybridized carbons (Fsp3) is 0.364. The predicted octanol–water partition coefficient (Wildman–Crippen LogP) is 4.38. The number of ether oxygens (including phenoxy) is 2. The highest BCUT2D eigenvalue weighted by atomic mass is 19.4. The topological polar surface area (TPSA) is 71.3 Å². The standard InChI is InChI=1S/C22H21F3N2O3/c1-2-3-20(30-17-6-5-16(12-26)18(11-17)22(23,24)25)21(28)27-13-14-4-7-19-15(10-14)8-9-29-19/h4-7,10-11,20H,2-3,8-9,13H2,1H3,(H,27,28). The maximum absolute atomic E-state index is 13.2. The Morgan fingerprint density at radius 2 is 2.10 bits per heavy atom. The van der Waals surface area contributed by atoms with Crippen molar-refractivity contribution in [1.29, 1.82) is 5.26 Å². The van der Waals surface area contributed by atoms with Crippen LogP contribution in [0.4, 0.5) is 13.2 Å². The first kappa shape index (κ1) is 21.5. The maximum Gasteiger partial charge on any atom is 0.417 e. The van der Waals surface area contributed by atoms with Crippen LogP contribution in [0.15, 0.2) is 36.4 Å². The zero-order valence-corrected chi connectivity index (χ0v) is 16.4. The van der Waals surface area contributed by atoms with Crippen molar-refractivity contribution >= 4 is 5.91 Å². The molecule has 5 nitrogen and oxygen atoms in total. The molecule has 1 unspecified atom stereocenters. The van der Waals surface area contributed by atoms with E-state index in [0.717, 1.165) is 35.4 Å². The molecule has 0 fully saturated rings. The van der Waals surface area contributed by atoms with Crippen LogP contribution in [0, 0.1) is 11.3 Å². The number of amides is 1. The van der Waals surface area contributed by atoms with Gasteiger partial charge in [0.25, 0.3) is 5.91 Å². The first-order valence-corrected chi connectivity index (χ1v) is 9.62. The first-order valence-electron chi connectivity index (χ1n) is 9.62. The van der Waals surface area contributed by atoms with Gasteiger partial charge in [-0.1, -0.05) is 25.5 Å². The average molecular weight is 418 g/mol. The molecule has 1 N–H and O–H groups in total. The lowest BCUT2D eigenvalue weighted by molar-refractivity contribution is -0.137. The molecule has 0 bridgehead atoms. The number of hydrogen-bond acceptors (Lipinski definition) is 4. The van der Waals surface area contributed by atoms with E-state index in [1.54, 1.807) is 0 Å². The summed E-state index contributed by atoms with van der Waals surface area (Å²) in [6.45, 7) is 2.77. The molecule has 158 valence electrons. The van der Waals surface area contributed by atoms with E-state index in [2.05, 4.69) is 5.32 Å². The summed E-state index contributed by atoms with van der Waals surface area (Å²) in [5, 5.41) is 11.7. The van der Waals surface area contributed by atoms with E-state index < -0.39 is 29.3 Å². The second kappa shape index (κ2) is 9.08. The highest BCUT2D eigenvalue weighted by molar-refractivity contribution is 5.81. The number of fused-ring (bicyclic) bond motifs is 1. The number of rotatable bonds is 7. The van der Waals surface area contributed by atoms with Crippen LogP contribution in [-0.2, 0) is 23.9 Å². The van der Waals surface area contributed by atoms with Crippen LogP contribution >= 0.6 is 0 Å². The molecule has 0 aliphatic carbocycles. The SMILES string of the molecule is CCCC(Oc1ccc(C#N)c(C(F)(F)F)c1)C(=O)NCc1ccc2c(c1)CCO2. The molecule has 30 heavy (non-hydrogen) atoms. The largest absolute Gasteiger partial charge is 0.493 e. The maximum atomic E-state index is 13.2. The van der Waals surface area contributed by atoms with Crippen molar-refractivity contribution in [3.63, 3.8) is 0 Å². The van der Waals surface area contributed by atoms with E-state index in [1.165, 1.54) is 12.1 Å². The number of nitriles is 1. The van der Waals surface area contributed by atoms with Crippen LogP contribution < -0.4 is 14.8 Å². The molecule has 0 spiro atoms. The van der Waals surface area contributed by atoms with Crippen molar-refractivity contribution < 1.29 is 27.4 Å². The number of carbonyl (C=O) groups excluding carboxylic acids is 1. The number of halogens is 3. The molecule has 2 aromatic carbocycles. The van der Waals surface area contributed by atoms with Crippen LogP contribution in [0.3, 0.4) is 0 Å². The van der Waals surface area contributed by atoms with Crippen LogP contribution in [0.5, 0.6) is 11.5 Å². The number of nitrogens with zero attached hydrogens (tertiary/aromatic N) is 1. The van der Waals surface area contributed by atoms with Gasteiger partial charge >= 0.3 is 6.18 Å². The second-order valence-electron chi connectivity index (χ2n) is 6.97. The molecule has 0 aromatic heterocycles. The van der Waals surface area contributed by atoms with Gasteiger partial charge in [0.15, 0.2) is 6.10 Å². The minimum atomic E-state index is -4.69. The molecule has 0 saturated heterocycles. The van der Waals surface area contributed by atoms with Gasteiger partial charge < -0.3 is 14.8 Å². The summed E-state index contributed by atoms with van der Waals surface area (Å²) in [5.41, 5.74) is 0.409. The smallest absolute Gasteiger partial charge is 0.417 e. The molecule has 1 aliphatic rings. The monoisotopic (exact) mass is 418 g/mol. The lowest BCUT2D eigenvalue weighted by Gasteiger charge is -2.19. The summed E-state index contributed by atoms with van der Waals surface area (Å²) >= 11 is 0. The average Bonchev–Trinajstić information content (AvgIpc) is 3.19. The summed E-state index contributed by atoms with van der Waals surface area (Å²) in [5.74, 6) is 0.328. The van der Waals surface area contributed by atoms with Gasteiger partial charge in [-0.3, -0.25) is 4.79 Å². The van der Waals surface area contributed by atoms with Crippen molar-refractivity contribution in [2.45, 2.75) is 45.0 Å². The number of benzene rings is 2. The molecule has 2 aromatic rings. The normalized spacial score (nSPS) is 13.7. The Balaban J connectivity index is 1.69. The van der Waals surface area contributed by atoms with Gasteiger partial charge in [-0.05, 0) is 41.8 Å². The Morgan fingerprint density at radius 3 is 2.80 bits per heavy atom. The molecule has 1 heterocycles. The third kappa shape index (κ3) is 5.03. The van der Waals surface area contributed by atoms with Gasteiger partial charge in [0.2, 0.25) is 0 Å². The first-order chi connectivity index (χ1) is 14.3. The number of nitrogens with one attached hydrogen (secondary N) is 1. The molecule has 1 amide bonds. The lowest BCUT2D eigenvalue weighted by atomic mass is 10.1. The van der Waals surface area contributed by atoms with Crippen LogP contribution in [-0.4, -0.2) is 18.6 Å².